The van der Waals surface area contributed by atoms with Gasteiger partial charge in [-0.15, -0.1) is 0 Å². The Balaban J connectivity index is 1.91. The maximum Gasteiger partial charge on any atom is 0.243 e. The first-order chi connectivity index (χ1) is 10.4. The van der Waals surface area contributed by atoms with Gasteiger partial charge in [0.1, 0.15) is 0 Å². The van der Waals surface area contributed by atoms with Crippen molar-refractivity contribution in [1.82, 2.24) is 9.21 Å². The molecule has 1 aromatic rings. The first-order valence-corrected chi connectivity index (χ1v) is 9.31. The Morgan fingerprint density at radius 2 is 1.91 bits per heavy atom. The molecule has 0 N–H and O–H groups in total. The van der Waals surface area contributed by atoms with Crippen LogP contribution in [0.4, 0.5) is 0 Å². The van der Waals surface area contributed by atoms with E-state index in [4.69, 9.17) is 16.3 Å². The van der Waals surface area contributed by atoms with Gasteiger partial charge in [0.15, 0.2) is 0 Å². The molecule has 5 nitrogen and oxygen atoms in total. The summed E-state index contributed by atoms with van der Waals surface area (Å²) in [6.07, 6.45) is 0.226. The molecule has 0 aliphatic carbocycles. The van der Waals surface area contributed by atoms with Crippen LogP contribution >= 0.6 is 11.6 Å². The highest BCUT2D eigenvalue weighted by molar-refractivity contribution is 7.89. The van der Waals surface area contributed by atoms with Crippen molar-refractivity contribution in [3.63, 3.8) is 0 Å². The zero-order chi connectivity index (χ0) is 16.2. The Morgan fingerprint density at radius 1 is 1.23 bits per heavy atom. The number of sulfonamides is 1. The Labute approximate surface area is 137 Å². The van der Waals surface area contributed by atoms with Gasteiger partial charge in [0, 0.05) is 37.7 Å². The van der Waals surface area contributed by atoms with E-state index in [9.17, 15) is 8.42 Å². The molecule has 1 fully saturated rings. The molecule has 1 heterocycles. The molecule has 22 heavy (non-hydrogen) atoms. The van der Waals surface area contributed by atoms with Crippen LogP contribution in [0.2, 0.25) is 5.02 Å². The molecule has 0 radical (unpaired) electrons. The molecule has 0 spiro atoms. The van der Waals surface area contributed by atoms with E-state index >= 15 is 0 Å². The Kier molecular flexibility index (Phi) is 6.23. The molecule has 0 atom stereocenters. The highest BCUT2D eigenvalue weighted by atomic mass is 35.5. The second kappa shape index (κ2) is 7.75. The molecule has 1 aromatic carbocycles. The molecular weight excluding hydrogens is 324 g/mol. The molecular formula is C15H23ClN2O3S. The minimum atomic E-state index is -3.45. The van der Waals surface area contributed by atoms with Gasteiger partial charge in [-0.1, -0.05) is 17.7 Å². The zero-order valence-electron chi connectivity index (χ0n) is 13.0. The molecule has 0 bridgehead atoms. The Bertz CT molecular complexity index is 584. The van der Waals surface area contributed by atoms with Gasteiger partial charge in [-0.2, -0.15) is 4.31 Å². The molecule has 124 valence electrons. The van der Waals surface area contributed by atoms with Crippen LogP contribution in [-0.2, 0) is 14.8 Å². The van der Waals surface area contributed by atoms with Gasteiger partial charge in [0.2, 0.25) is 10.0 Å². The van der Waals surface area contributed by atoms with Gasteiger partial charge in [-0.25, -0.2) is 8.42 Å². The largest absolute Gasteiger partial charge is 0.377 e. The van der Waals surface area contributed by atoms with Gasteiger partial charge < -0.3 is 4.74 Å². The molecule has 1 aliphatic rings. The van der Waals surface area contributed by atoms with E-state index in [1.807, 2.05) is 13.8 Å². The SMILES string of the molecule is CC(C)OCCN1CCN(S(=O)(=O)c2cccc(Cl)c2)CC1. The third kappa shape index (κ3) is 4.67. The molecule has 1 aliphatic heterocycles. The normalized spacial score (nSPS) is 18.0. The third-order valence-electron chi connectivity index (χ3n) is 3.62. The highest BCUT2D eigenvalue weighted by Crippen LogP contribution is 2.20. The number of rotatable bonds is 6. The fraction of sp³-hybridized carbons (Fsp3) is 0.600. The highest BCUT2D eigenvalue weighted by Gasteiger charge is 2.28. The van der Waals surface area contributed by atoms with Crippen LogP contribution in [0.1, 0.15) is 13.8 Å². The standard InChI is InChI=1S/C15H23ClN2O3S/c1-13(2)21-11-10-17-6-8-18(9-7-17)22(19,20)15-5-3-4-14(16)12-15/h3-5,12-13H,6-11H2,1-2H3. The third-order valence-corrected chi connectivity index (χ3v) is 5.75. The summed E-state index contributed by atoms with van der Waals surface area (Å²) in [4.78, 5) is 2.49. The minimum absolute atomic E-state index is 0.226. The van der Waals surface area contributed by atoms with Crippen LogP contribution in [0.25, 0.3) is 0 Å². The number of ether oxygens (including phenoxy) is 1. The summed E-state index contributed by atoms with van der Waals surface area (Å²) < 4.78 is 32.2. The number of nitrogens with zero attached hydrogens (tertiary/aromatic N) is 2. The van der Waals surface area contributed by atoms with Gasteiger partial charge >= 0.3 is 0 Å². The molecule has 0 unspecified atom stereocenters. The number of hydrogen-bond acceptors (Lipinski definition) is 4. The molecule has 7 heteroatoms. The second-order valence-corrected chi connectivity index (χ2v) is 8.00. The molecule has 2 rings (SSSR count). The fourth-order valence-electron chi connectivity index (χ4n) is 2.39. The topological polar surface area (TPSA) is 49.9 Å². The van der Waals surface area contributed by atoms with E-state index in [-0.39, 0.29) is 11.0 Å². The lowest BCUT2D eigenvalue weighted by atomic mass is 10.3. The number of halogens is 1. The number of benzene rings is 1. The van der Waals surface area contributed by atoms with Crippen LogP contribution in [-0.4, -0.2) is 63.1 Å². The quantitative estimate of drug-likeness (QED) is 0.791. The van der Waals surface area contributed by atoms with Crippen LogP contribution in [0, 0.1) is 0 Å². The van der Waals surface area contributed by atoms with Gasteiger partial charge in [0.05, 0.1) is 17.6 Å². The number of piperazine rings is 1. The van der Waals surface area contributed by atoms with Crippen LogP contribution in [0.3, 0.4) is 0 Å². The first-order valence-electron chi connectivity index (χ1n) is 7.49. The lowest BCUT2D eigenvalue weighted by Crippen LogP contribution is -2.49. The summed E-state index contributed by atoms with van der Waals surface area (Å²) >= 11 is 5.89. The van der Waals surface area contributed by atoms with E-state index < -0.39 is 10.0 Å². The second-order valence-electron chi connectivity index (χ2n) is 5.62. The van der Waals surface area contributed by atoms with Crippen molar-refractivity contribution in [2.45, 2.75) is 24.8 Å². The monoisotopic (exact) mass is 346 g/mol. The smallest absolute Gasteiger partial charge is 0.243 e. The number of hydrogen-bond donors (Lipinski definition) is 0. The van der Waals surface area contributed by atoms with E-state index in [0.29, 0.717) is 24.7 Å². The molecule has 1 saturated heterocycles. The van der Waals surface area contributed by atoms with Gasteiger partial charge in [-0.05, 0) is 32.0 Å². The maximum atomic E-state index is 12.6. The van der Waals surface area contributed by atoms with Crippen molar-refractivity contribution < 1.29 is 13.2 Å². The van der Waals surface area contributed by atoms with E-state index in [1.165, 1.54) is 10.4 Å². The van der Waals surface area contributed by atoms with E-state index in [1.54, 1.807) is 18.2 Å². The predicted octanol–water partition coefficient (Wildman–Crippen LogP) is 2.07. The zero-order valence-corrected chi connectivity index (χ0v) is 14.6. The lowest BCUT2D eigenvalue weighted by Gasteiger charge is -2.34. The van der Waals surface area contributed by atoms with Gasteiger partial charge in [0.25, 0.3) is 0 Å². The summed E-state index contributed by atoms with van der Waals surface area (Å²) in [5, 5.41) is 0.436. The molecule has 0 aromatic heterocycles. The van der Waals surface area contributed by atoms with E-state index in [0.717, 1.165) is 19.6 Å². The predicted molar refractivity (Wildman–Crippen MR) is 87.7 cm³/mol. The van der Waals surface area contributed by atoms with Crippen molar-refractivity contribution in [2.75, 3.05) is 39.3 Å². The first kappa shape index (κ1) is 17.7. The summed E-state index contributed by atoms with van der Waals surface area (Å²) in [6.45, 7) is 7.97. The molecule has 0 saturated carbocycles. The molecule has 0 amide bonds. The Morgan fingerprint density at radius 3 is 2.50 bits per heavy atom. The van der Waals surface area contributed by atoms with Crippen molar-refractivity contribution in [1.29, 1.82) is 0 Å². The average molecular weight is 347 g/mol. The fourth-order valence-corrected chi connectivity index (χ4v) is 4.11. The van der Waals surface area contributed by atoms with Crippen LogP contribution in [0.5, 0.6) is 0 Å². The van der Waals surface area contributed by atoms with Crippen molar-refractivity contribution >= 4 is 21.6 Å². The Hall–Kier alpha value is -0.660. The van der Waals surface area contributed by atoms with Crippen molar-refractivity contribution in [3.8, 4) is 0 Å². The van der Waals surface area contributed by atoms with Crippen molar-refractivity contribution in [2.24, 2.45) is 0 Å². The van der Waals surface area contributed by atoms with Crippen molar-refractivity contribution in [3.05, 3.63) is 29.3 Å². The van der Waals surface area contributed by atoms with Crippen LogP contribution in [0.15, 0.2) is 29.2 Å². The lowest BCUT2D eigenvalue weighted by molar-refractivity contribution is 0.0521. The van der Waals surface area contributed by atoms with Crippen LogP contribution < -0.4 is 0 Å². The summed E-state index contributed by atoms with van der Waals surface area (Å²) in [5.41, 5.74) is 0. The summed E-state index contributed by atoms with van der Waals surface area (Å²) in [5.74, 6) is 0. The van der Waals surface area contributed by atoms with E-state index in [2.05, 4.69) is 4.90 Å². The maximum absolute atomic E-state index is 12.6. The average Bonchev–Trinajstić information content (AvgIpc) is 2.47. The minimum Gasteiger partial charge on any atom is -0.377 e. The summed E-state index contributed by atoms with van der Waals surface area (Å²) in [7, 11) is -3.45. The van der Waals surface area contributed by atoms with Gasteiger partial charge in [-0.3, -0.25) is 4.90 Å². The summed E-state index contributed by atoms with van der Waals surface area (Å²) in [6, 6.07) is 6.42.